The molecular weight excluding hydrogens is 180 g/mol. The lowest BCUT2D eigenvalue weighted by atomic mass is 10.00. The molecule has 1 rings (SSSR count). The highest BCUT2D eigenvalue weighted by molar-refractivity contribution is 5.94. The number of nitrogens with one attached hydrogen (secondary N) is 1. The van der Waals surface area contributed by atoms with Gasteiger partial charge in [-0.15, -0.1) is 0 Å². The first kappa shape index (κ1) is 11.0. The van der Waals surface area contributed by atoms with Gasteiger partial charge in [-0.1, -0.05) is 13.8 Å². The van der Waals surface area contributed by atoms with Crippen LogP contribution in [0, 0.1) is 5.92 Å². The minimum Gasteiger partial charge on any atom is -0.345 e. The molecule has 1 aliphatic rings. The Morgan fingerprint density at radius 1 is 1.50 bits per heavy atom. The van der Waals surface area contributed by atoms with Crippen molar-refractivity contribution in [1.82, 2.24) is 10.2 Å². The Kier molecular flexibility index (Phi) is 3.49. The molecule has 1 aliphatic heterocycles. The monoisotopic (exact) mass is 198 g/mol. The zero-order chi connectivity index (χ0) is 10.7. The Hall–Kier alpha value is -1.06. The van der Waals surface area contributed by atoms with Crippen molar-refractivity contribution in [3.8, 4) is 0 Å². The second-order valence-corrected chi connectivity index (χ2v) is 4.04. The van der Waals surface area contributed by atoms with E-state index in [-0.39, 0.29) is 24.4 Å². The summed E-state index contributed by atoms with van der Waals surface area (Å²) in [5.41, 5.74) is 0. The zero-order valence-corrected chi connectivity index (χ0v) is 9.04. The van der Waals surface area contributed by atoms with E-state index in [1.54, 1.807) is 4.90 Å². The molecule has 80 valence electrons. The van der Waals surface area contributed by atoms with E-state index < -0.39 is 0 Å². The quantitative estimate of drug-likeness (QED) is 0.712. The van der Waals surface area contributed by atoms with E-state index in [4.69, 9.17) is 0 Å². The van der Waals surface area contributed by atoms with Crippen molar-refractivity contribution >= 4 is 11.8 Å². The van der Waals surface area contributed by atoms with Crippen molar-refractivity contribution in [1.29, 1.82) is 0 Å². The van der Waals surface area contributed by atoms with Crippen LogP contribution in [-0.2, 0) is 9.59 Å². The number of likely N-dealkylation sites (N-methyl/N-ethyl adjacent to an activating group) is 1. The predicted octanol–water partition coefficient (Wildman–Crippen LogP) is 0.379. The van der Waals surface area contributed by atoms with Gasteiger partial charge < -0.3 is 10.2 Å². The van der Waals surface area contributed by atoms with Crippen LogP contribution in [-0.4, -0.2) is 35.8 Å². The number of carbonyl (C=O) groups excluding carboxylic acids is 2. The molecule has 0 bridgehead atoms. The van der Waals surface area contributed by atoms with E-state index in [9.17, 15) is 9.59 Å². The Labute approximate surface area is 84.7 Å². The van der Waals surface area contributed by atoms with Crippen LogP contribution in [0.25, 0.3) is 0 Å². The molecule has 0 aromatic heterocycles. The number of nitrogens with zero attached hydrogens (tertiary/aromatic N) is 1. The van der Waals surface area contributed by atoms with Gasteiger partial charge in [0.25, 0.3) is 0 Å². The first-order valence-electron chi connectivity index (χ1n) is 5.13. The fourth-order valence-corrected chi connectivity index (χ4v) is 1.77. The molecule has 1 fully saturated rings. The van der Waals surface area contributed by atoms with E-state index in [0.29, 0.717) is 12.5 Å². The molecule has 4 nitrogen and oxygen atoms in total. The molecule has 1 unspecified atom stereocenters. The molecule has 0 radical (unpaired) electrons. The third-order valence-corrected chi connectivity index (χ3v) is 2.45. The van der Waals surface area contributed by atoms with Crippen LogP contribution in [0.4, 0.5) is 0 Å². The maximum Gasteiger partial charge on any atom is 0.243 e. The van der Waals surface area contributed by atoms with Crippen LogP contribution in [0.5, 0.6) is 0 Å². The average molecular weight is 198 g/mol. The molecule has 14 heavy (non-hydrogen) atoms. The van der Waals surface area contributed by atoms with Crippen molar-refractivity contribution in [3.63, 3.8) is 0 Å². The summed E-state index contributed by atoms with van der Waals surface area (Å²) in [5.74, 6) is 0.434. The van der Waals surface area contributed by atoms with Crippen molar-refractivity contribution in [2.45, 2.75) is 33.2 Å². The molecular formula is C10H18N2O2. The van der Waals surface area contributed by atoms with E-state index in [2.05, 4.69) is 19.2 Å². The van der Waals surface area contributed by atoms with Crippen LogP contribution in [0.2, 0.25) is 0 Å². The lowest BCUT2D eigenvalue weighted by Crippen LogP contribution is -2.58. The molecule has 0 aliphatic carbocycles. The molecule has 0 saturated carbocycles. The van der Waals surface area contributed by atoms with E-state index in [1.165, 1.54) is 0 Å². The van der Waals surface area contributed by atoms with Crippen molar-refractivity contribution in [3.05, 3.63) is 0 Å². The third kappa shape index (κ3) is 2.25. The van der Waals surface area contributed by atoms with Crippen LogP contribution < -0.4 is 5.32 Å². The molecule has 0 aromatic carbocycles. The number of rotatable bonds is 3. The van der Waals surface area contributed by atoms with E-state index >= 15 is 0 Å². The Morgan fingerprint density at radius 3 is 2.64 bits per heavy atom. The second-order valence-electron chi connectivity index (χ2n) is 4.04. The third-order valence-electron chi connectivity index (χ3n) is 2.45. The minimum atomic E-state index is -0.263. The SMILES string of the molecule is CCN1C(=O)CNC(=O)C1CC(C)C. The maximum atomic E-state index is 11.5. The van der Waals surface area contributed by atoms with Crippen LogP contribution in [0.3, 0.4) is 0 Å². The van der Waals surface area contributed by atoms with Crippen molar-refractivity contribution in [2.75, 3.05) is 13.1 Å². The maximum absolute atomic E-state index is 11.5. The van der Waals surface area contributed by atoms with Crippen LogP contribution in [0.1, 0.15) is 27.2 Å². The molecule has 4 heteroatoms. The Balaban J connectivity index is 2.73. The van der Waals surface area contributed by atoms with Gasteiger partial charge in [-0.25, -0.2) is 0 Å². The van der Waals surface area contributed by atoms with Gasteiger partial charge in [0.15, 0.2) is 0 Å². The summed E-state index contributed by atoms with van der Waals surface area (Å²) < 4.78 is 0. The highest BCUT2D eigenvalue weighted by Gasteiger charge is 2.33. The van der Waals surface area contributed by atoms with Crippen molar-refractivity contribution < 1.29 is 9.59 Å². The first-order chi connectivity index (χ1) is 6.56. The normalized spacial score (nSPS) is 22.9. The van der Waals surface area contributed by atoms with Gasteiger partial charge in [0, 0.05) is 6.54 Å². The number of amides is 2. The summed E-state index contributed by atoms with van der Waals surface area (Å²) in [6.45, 7) is 6.79. The summed E-state index contributed by atoms with van der Waals surface area (Å²) in [6.07, 6.45) is 0.741. The van der Waals surface area contributed by atoms with Crippen LogP contribution in [0.15, 0.2) is 0 Å². The van der Waals surface area contributed by atoms with Gasteiger partial charge in [0.2, 0.25) is 11.8 Å². The Bertz CT molecular complexity index is 238. The number of carbonyl (C=O) groups is 2. The molecule has 1 heterocycles. The molecule has 0 spiro atoms. The fraction of sp³-hybridized carbons (Fsp3) is 0.800. The van der Waals surface area contributed by atoms with Gasteiger partial charge in [0.1, 0.15) is 6.04 Å². The highest BCUT2D eigenvalue weighted by atomic mass is 16.2. The summed E-state index contributed by atoms with van der Waals surface area (Å²) in [7, 11) is 0. The molecule has 1 saturated heterocycles. The van der Waals surface area contributed by atoms with Gasteiger partial charge in [0.05, 0.1) is 6.54 Å². The van der Waals surface area contributed by atoms with Gasteiger partial charge in [-0.05, 0) is 19.3 Å². The predicted molar refractivity (Wildman–Crippen MR) is 53.6 cm³/mol. The summed E-state index contributed by atoms with van der Waals surface area (Å²) in [4.78, 5) is 24.7. The van der Waals surface area contributed by atoms with Gasteiger partial charge >= 0.3 is 0 Å². The smallest absolute Gasteiger partial charge is 0.243 e. The van der Waals surface area contributed by atoms with E-state index in [0.717, 1.165) is 6.42 Å². The number of piperazine rings is 1. The van der Waals surface area contributed by atoms with Gasteiger partial charge in [-0.2, -0.15) is 0 Å². The summed E-state index contributed by atoms with van der Waals surface area (Å²) >= 11 is 0. The number of hydrogen-bond donors (Lipinski definition) is 1. The highest BCUT2D eigenvalue weighted by Crippen LogP contribution is 2.14. The second kappa shape index (κ2) is 4.44. The number of hydrogen-bond acceptors (Lipinski definition) is 2. The molecule has 1 atom stereocenters. The average Bonchev–Trinajstić information content (AvgIpc) is 2.11. The van der Waals surface area contributed by atoms with Crippen molar-refractivity contribution in [2.24, 2.45) is 5.92 Å². The van der Waals surface area contributed by atoms with Crippen LogP contribution >= 0.6 is 0 Å². The van der Waals surface area contributed by atoms with Gasteiger partial charge in [-0.3, -0.25) is 9.59 Å². The first-order valence-corrected chi connectivity index (χ1v) is 5.13. The summed E-state index contributed by atoms with van der Waals surface area (Å²) in [5, 5.41) is 2.62. The summed E-state index contributed by atoms with van der Waals surface area (Å²) in [6, 6.07) is -0.263. The standard InChI is InChI=1S/C10H18N2O2/c1-4-12-8(5-7(2)3)10(14)11-6-9(12)13/h7-8H,4-6H2,1-3H3,(H,11,14). The molecule has 0 aromatic rings. The lowest BCUT2D eigenvalue weighted by Gasteiger charge is -2.34. The Morgan fingerprint density at radius 2 is 2.14 bits per heavy atom. The minimum absolute atomic E-state index is 0.0137. The fourth-order valence-electron chi connectivity index (χ4n) is 1.77. The topological polar surface area (TPSA) is 49.4 Å². The molecule has 2 amide bonds. The molecule has 1 N–H and O–H groups in total. The van der Waals surface area contributed by atoms with E-state index in [1.807, 2.05) is 6.92 Å². The lowest BCUT2D eigenvalue weighted by molar-refractivity contribution is -0.145. The largest absolute Gasteiger partial charge is 0.345 e. The zero-order valence-electron chi connectivity index (χ0n) is 9.04.